The summed E-state index contributed by atoms with van der Waals surface area (Å²) in [5, 5.41) is 0. The normalized spacial score (nSPS) is 19.1. The van der Waals surface area contributed by atoms with E-state index in [2.05, 4.69) is 18.2 Å². The van der Waals surface area contributed by atoms with Gasteiger partial charge in [0.05, 0.1) is 0 Å². The molecule has 1 aliphatic rings. The van der Waals surface area contributed by atoms with E-state index in [0.29, 0.717) is 0 Å². The van der Waals surface area contributed by atoms with Crippen molar-refractivity contribution in [2.45, 2.75) is 25.2 Å². The lowest BCUT2D eigenvalue weighted by molar-refractivity contribution is 0.0957. The van der Waals surface area contributed by atoms with E-state index in [9.17, 15) is 4.79 Å². The fraction of sp³-hybridized carbons (Fsp3) is 0.235. The first kappa shape index (κ1) is 11.2. The van der Waals surface area contributed by atoms with Gasteiger partial charge in [-0.25, -0.2) is 0 Å². The van der Waals surface area contributed by atoms with E-state index in [4.69, 9.17) is 0 Å². The Labute approximate surface area is 107 Å². The SMILES string of the molecule is O=C1c2ccccc2CCC[C@@H]1c1ccccc1. The van der Waals surface area contributed by atoms with Gasteiger partial charge in [0.2, 0.25) is 0 Å². The van der Waals surface area contributed by atoms with Gasteiger partial charge in [0.1, 0.15) is 0 Å². The van der Waals surface area contributed by atoms with Crippen molar-refractivity contribution in [1.82, 2.24) is 0 Å². The molecule has 0 aliphatic heterocycles. The van der Waals surface area contributed by atoms with E-state index in [-0.39, 0.29) is 11.7 Å². The van der Waals surface area contributed by atoms with Gasteiger partial charge in [-0.2, -0.15) is 0 Å². The molecule has 1 aliphatic carbocycles. The van der Waals surface area contributed by atoms with E-state index in [1.807, 2.05) is 36.4 Å². The van der Waals surface area contributed by atoms with Crippen LogP contribution in [0.15, 0.2) is 54.6 Å². The Morgan fingerprint density at radius 3 is 2.44 bits per heavy atom. The largest absolute Gasteiger partial charge is 0.293 e. The quantitative estimate of drug-likeness (QED) is 0.684. The van der Waals surface area contributed by atoms with Gasteiger partial charge in [-0.3, -0.25) is 4.79 Å². The first-order valence-corrected chi connectivity index (χ1v) is 6.53. The predicted octanol–water partition coefficient (Wildman–Crippen LogP) is 3.99. The second-order valence-electron chi connectivity index (χ2n) is 4.88. The maximum absolute atomic E-state index is 12.6. The van der Waals surface area contributed by atoms with Crippen molar-refractivity contribution in [3.63, 3.8) is 0 Å². The molecular weight excluding hydrogens is 220 g/mol. The van der Waals surface area contributed by atoms with Crippen LogP contribution in [0.3, 0.4) is 0 Å². The summed E-state index contributed by atoms with van der Waals surface area (Å²) in [6.45, 7) is 0. The molecule has 90 valence electrons. The number of ketones is 1. The van der Waals surface area contributed by atoms with Gasteiger partial charge in [-0.15, -0.1) is 0 Å². The zero-order valence-electron chi connectivity index (χ0n) is 10.3. The third-order valence-electron chi connectivity index (χ3n) is 3.74. The number of aryl methyl sites for hydroxylation is 1. The lowest BCUT2D eigenvalue weighted by atomic mass is 9.89. The molecule has 18 heavy (non-hydrogen) atoms. The maximum Gasteiger partial charge on any atom is 0.170 e. The molecule has 1 atom stereocenters. The van der Waals surface area contributed by atoms with Crippen LogP contribution < -0.4 is 0 Å². The molecule has 0 unspecified atom stereocenters. The highest BCUT2D eigenvalue weighted by molar-refractivity contribution is 6.02. The Morgan fingerprint density at radius 2 is 1.61 bits per heavy atom. The highest BCUT2D eigenvalue weighted by atomic mass is 16.1. The van der Waals surface area contributed by atoms with Crippen LogP contribution in [0.1, 0.15) is 40.2 Å². The molecule has 0 amide bonds. The van der Waals surface area contributed by atoms with E-state index >= 15 is 0 Å². The Bertz CT molecular complexity index is 557. The highest BCUT2D eigenvalue weighted by Crippen LogP contribution is 2.31. The van der Waals surface area contributed by atoms with Gasteiger partial charge >= 0.3 is 0 Å². The van der Waals surface area contributed by atoms with Gasteiger partial charge in [-0.1, -0.05) is 54.6 Å². The molecule has 0 saturated heterocycles. The summed E-state index contributed by atoms with van der Waals surface area (Å²) in [5.74, 6) is 0.323. The molecule has 0 bridgehead atoms. The van der Waals surface area contributed by atoms with E-state index in [1.165, 1.54) is 5.56 Å². The third-order valence-corrected chi connectivity index (χ3v) is 3.74. The number of fused-ring (bicyclic) bond motifs is 1. The van der Waals surface area contributed by atoms with E-state index in [1.54, 1.807) is 0 Å². The van der Waals surface area contributed by atoms with Crippen molar-refractivity contribution >= 4 is 5.78 Å². The zero-order valence-corrected chi connectivity index (χ0v) is 10.3. The fourth-order valence-electron chi connectivity index (χ4n) is 2.80. The van der Waals surface area contributed by atoms with Crippen molar-refractivity contribution in [3.05, 3.63) is 71.3 Å². The van der Waals surface area contributed by atoms with Crippen molar-refractivity contribution in [2.75, 3.05) is 0 Å². The average Bonchev–Trinajstić information content (AvgIpc) is 2.60. The second-order valence-corrected chi connectivity index (χ2v) is 4.88. The number of hydrogen-bond acceptors (Lipinski definition) is 1. The van der Waals surface area contributed by atoms with Gasteiger partial charge in [0.15, 0.2) is 5.78 Å². The minimum Gasteiger partial charge on any atom is -0.293 e. The summed E-state index contributed by atoms with van der Waals surface area (Å²) in [5.41, 5.74) is 3.28. The standard InChI is InChI=1S/C17H16O/c18-17-15-11-5-4-9-14(15)10-6-12-16(17)13-7-2-1-3-8-13/h1-5,7-9,11,16H,6,10,12H2/t16-/m1/s1. The van der Waals surface area contributed by atoms with Gasteiger partial charge in [0, 0.05) is 11.5 Å². The van der Waals surface area contributed by atoms with Crippen LogP contribution in [0.4, 0.5) is 0 Å². The molecule has 0 heterocycles. The van der Waals surface area contributed by atoms with E-state index < -0.39 is 0 Å². The molecular formula is C17H16O. The third kappa shape index (κ3) is 1.97. The average molecular weight is 236 g/mol. The Morgan fingerprint density at radius 1 is 0.889 bits per heavy atom. The number of Topliss-reactive ketones (excluding diaryl/α,β-unsaturated/α-hetero) is 1. The molecule has 2 aromatic rings. The highest BCUT2D eigenvalue weighted by Gasteiger charge is 2.26. The van der Waals surface area contributed by atoms with Crippen LogP contribution >= 0.6 is 0 Å². The van der Waals surface area contributed by atoms with Crippen LogP contribution in [-0.2, 0) is 6.42 Å². The number of carbonyl (C=O) groups is 1. The Kier molecular flexibility index (Phi) is 2.97. The lowest BCUT2D eigenvalue weighted by Gasteiger charge is -2.13. The number of hydrogen-bond donors (Lipinski definition) is 0. The molecule has 1 nitrogen and oxygen atoms in total. The second kappa shape index (κ2) is 4.77. The van der Waals surface area contributed by atoms with Crippen LogP contribution in [0.5, 0.6) is 0 Å². The number of benzene rings is 2. The topological polar surface area (TPSA) is 17.1 Å². The number of rotatable bonds is 1. The Balaban J connectivity index is 2.02. The van der Waals surface area contributed by atoms with Crippen molar-refractivity contribution in [2.24, 2.45) is 0 Å². The van der Waals surface area contributed by atoms with Gasteiger partial charge in [-0.05, 0) is 30.4 Å². The van der Waals surface area contributed by atoms with E-state index in [0.717, 1.165) is 30.4 Å². The molecule has 0 saturated carbocycles. The van der Waals surface area contributed by atoms with Crippen LogP contribution in [0.2, 0.25) is 0 Å². The minimum atomic E-state index is 0.0369. The van der Waals surface area contributed by atoms with Gasteiger partial charge < -0.3 is 0 Å². The van der Waals surface area contributed by atoms with Crippen molar-refractivity contribution in [1.29, 1.82) is 0 Å². The molecule has 0 radical (unpaired) electrons. The summed E-state index contributed by atoms with van der Waals surface area (Å²) in [6.07, 6.45) is 3.06. The molecule has 0 aromatic heterocycles. The lowest BCUT2D eigenvalue weighted by Crippen LogP contribution is -2.12. The molecule has 2 aromatic carbocycles. The monoisotopic (exact) mass is 236 g/mol. The first-order valence-electron chi connectivity index (χ1n) is 6.53. The molecule has 3 rings (SSSR count). The van der Waals surface area contributed by atoms with Crippen LogP contribution in [0, 0.1) is 0 Å². The zero-order chi connectivity index (χ0) is 12.4. The van der Waals surface area contributed by atoms with Crippen LogP contribution in [0.25, 0.3) is 0 Å². The summed E-state index contributed by atoms with van der Waals surface area (Å²) < 4.78 is 0. The minimum absolute atomic E-state index is 0.0369. The molecule has 0 spiro atoms. The first-order chi connectivity index (χ1) is 8.86. The summed E-state index contributed by atoms with van der Waals surface area (Å²) in [6, 6.07) is 18.2. The maximum atomic E-state index is 12.6. The predicted molar refractivity (Wildman–Crippen MR) is 72.9 cm³/mol. The molecule has 0 N–H and O–H groups in total. The molecule has 1 heteroatoms. The van der Waals surface area contributed by atoms with Crippen LogP contribution in [-0.4, -0.2) is 5.78 Å². The molecule has 0 fully saturated rings. The Hall–Kier alpha value is -1.89. The smallest absolute Gasteiger partial charge is 0.170 e. The fourth-order valence-corrected chi connectivity index (χ4v) is 2.80. The summed E-state index contributed by atoms with van der Waals surface area (Å²) in [7, 11) is 0. The summed E-state index contributed by atoms with van der Waals surface area (Å²) >= 11 is 0. The van der Waals surface area contributed by atoms with Crippen molar-refractivity contribution in [3.8, 4) is 0 Å². The number of carbonyl (C=O) groups excluding carboxylic acids is 1. The summed E-state index contributed by atoms with van der Waals surface area (Å²) in [4.78, 5) is 12.6. The van der Waals surface area contributed by atoms with Crippen molar-refractivity contribution < 1.29 is 4.79 Å². The van der Waals surface area contributed by atoms with Gasteiger partial charge in [0.25, 0.3) is 0 Å².